The summed E-state index contributed by atoms with van der Waals surface area (Å²) in [4.78, 5) is 6.87. The van der Waals surface area contributed by atoms with Crippen LogP contribution in [0.25, 0.3) is 0 Å². The van der Waals surface area contributed by atoms with E-state index in [2.05, 4.69) is 50.9 Å². The number of guanidine groups is 1. The van der Waals surface area contributed by atoms with Gasteiger partial charge in [0.2, 0.25) is 0 Å². The normalized spacial score (nSPS) is 19.6. The summed E-state index contributed by atoms with van der Waals surface area (Å²) in [5, 5.41) is 6.73. The fourth-order valence-electron chi connectivity index (χ4n) is 3.02. The number of likely N-dealkylation sites (tertiary alicyclic amines) is 1. The predicted octanol–water partition coefficient (Wildman–Crippen LogP) is 1.85. The summed E-state index contributed by atoms with van der Waals surface area (Å²) in [6, 6.07) is 11.3. The zero-order valence-electron chi connectivity index (χ0n) is 14.4. The molecule has 5 nitrogen and oxygen atoms in total. The monoisotopic (exact) mass is 318 g/mol. The van der Waals surface area contributed by atoms with Gasteiger partial charge in [-0.1, -0.05) is 36.8 Å². The Balaban J connectivity index is 1.83. The Morgan fingerprint density at radius 3 is 2.83 bits per heavy atom. The van der Waals surface area contributed by atoms with Crippen molar-refractivity contribution in [1.82, 2.24) is 15.5 Å². The highest BCUT2D eigenvalue weighted by atomic mass is 16.5. The molecule has 1 atom stereocenters. The van der Waals surface area contributed by atoms with E-state index in [9.17, 15) is 0 Å². The fourth-order valence-corrected chi connectivity index (χ4v) is 3.02. The number of benzene rings is 1. The molecule has 1 aromatic rings. The van der Waals surface area contributed by atoms with Crippen LogP contribution in [0.15, 0.2) is 35.3 Å². The van der Waals surface area contributed by atoms with Crippen molar-refractivity contribution in [3.05, 3.63) is 35.9 Å². The maximum absolute atomic E-state index is 5.06. The van der Waals surface area contributed by atoms with Crippen LogP contribution in [0.3, 0.4) is 0 Å². The number of piperidine rings is 1. The topological polar surface area (TPSA) is 48.9 Å². The summed E-state index contributed by atoms with van der Waals surface area (Å²) in [6.07, 6.45) is 3.85. The van der Waals surface area contributed by atoms with Crippen LogP contribution in [-0.4, -0.2) is 57.3 Å². The molecule has 0 bridgehead atoms. The first kappa shape index (κ1) is 17.8. The van der Waals surface area contributed by atoms with Crippen molar-refractivity contribution in [3.63, 3.8) is 0 Å². The number of hydrogen-bond donors (Lipinski definition) is 2. The molecule has 1 fully saturated rings. The summed E-state index contributed by atoms with van der Waals surface area (Å²) in [7, 11) is 3.52. The molecule has 0 radical (unpaired) electrons. The van der Waals surface area contributed by atoms with Gasteiger partial charge in [-0.25, -0.2) is 0 Å². The highest BCUT2D eigenvalue weighted by Gasteiger charge is 2.22. The summed E-state index contributed by atoms with van der Waals surface area (Å²) in [5.41, 5.74) is 1.39. The van der Waals surface area contributed by atoms with E-state index in [1.54, 1.807) is 7.11 Å². The van der Waals surface area contributed by atoms with Gasteiger partial charge in [-0.15, -0.1) is 0 Å². The van der Waals surface area contributed by atoms with Crippen molar-refractivity contribution in [2.75, 3.05) is 40.4 Å². The number of rotatable bonds is 7. The van der Waals surface area contributed by atoms with Crippen molar-refractivity contribution in [1.29, 1.82) is 0 Å². The predicted molar refractivity (Wildman–Crippen MR) is 95.7 cm³/mol. The van der Waals surface area contributed by atoms with Gasteiger partial charge >= 0.3 is 0 Å². The van der Waals surface area contributed by atoms with Crippen molar-refractivity contribution in [2.24, 2.45) is 4.99 Å². The molecule has 0 amide bonds. The Morgan fingerprint density at radius 2 is 2.09 bits per heavy atom. The molecule has 2 N–H and O–H groups in total. The SMILES string of the molecule is CN=C(NCCOC)NCC1CCCCN1Cc1ccccc1. The second kappa shape index (κ2) is 10.2. The summed E-state index contributed by atoms with van der Waals surface area (Å²) >= 11 is 0. The van der Waals surface area contributed by atoms with Gasteiger partial charge in [0.15, 0.2) is 5.96 Å². The molecule has 128 valence electrons. The van der Waals surface area contributed by atoms with Gasteiger partial charge in [-0.2, -0.15) is 0 Å². The molecular weight excluding hydrogens is 288 g/mol. The lowest BCUT2D eigenvalue weighted by atomic mass is 10.0. The first-order chi connectivity index (χ1) is 11.3. The standard InChI is InChI=1S/C18H30N4O/c1-19-18(20-11-13-23-2)21-14-17-10-6-7-12-22(17)15-16-8-4-3-5-9-16/h3-5,8-9,17H,6-7,10-15H2,1-2H3,(H2,19,20,21). The number of methoxy groups -OCH3 is 1. The van der Waals surface area contributed by atoms with Gasteiger partial charge in [0.1, 0.15) is 0 Å². The Hall–Kier alpha value is -1.59. The zero-order chi connectivity index (χ0) is 16.3. The highest BCUT2D eigenvalue weighted by molar-refractivity contribution is 5.79. The Morgan fingerprint density at radius 1 is 1.26 bits per heavy atom. The fraction of sp³-hybridized carbons (Fsp3) is 0.611. The Kier molecular flexibility index (Phi) is 7.90. The van der Waals surface area contributed by atoms with Crippen LogP contribution in [0.5, 0.6) is 0 Å². The number of aliphatic imine (C=N–C) groups is 1. The molecule has 1 heterocycles. The van der Waals surface area contributed by atoms with E-state index < -0.39 is 0 Å². The largest absolute Gasteiger partial charge is 0.383 e. The third-order valence-electron chi connectivity index (χ3n) is 4.30. The smallest absolute Gasteiger partial charge is 0.191 e. The van der Waals surface area contributed by atoms with Gasteiger partial charge in [-0.3, -0.25) is 9.89 Å². The third-order valence-corrected chi connectivity index (χ3v) is 4.30. The maximum Gasteiger partial charge on any atom is 0.191 e. The molecule has 0 spiro atoms. The lowest BCUT2D eigenvalue weighted by Gasteiger charge is -2.36. The summed E-state index contributed by atoms with van der Waals surface area (Å²) in [5.74, 6) is 0.854. The van der Waals surface area contributed by atoms with Gasteiger partial charge in [0.05, 0.1) is 6.61 Å². The van der Waals surface area contributed by atoms with Crippen LogP contribution in [0.1, 0.15) is 24.8 Å². The lowest BCUT2D eigenvalue weighted by molar-refractivity contribution is 0.141. The minimum absolute atomic E-state index is 0.560. The van der Waals surface area contributed by atoms with Crippen molar-refractivity contribution < 1.29 is 4.74 Å². The van der Waals surface area contributed by atoms with Crippen LogP contribution in [0.2, 0.25) is 0 Å². The van der Waals surface area contributed by atoms with Crippen molar-refractivity contribution in [2.45, 2.75) is 31.8 Å². The summed E-state index contributed by atoms with van der Waals surface area (Å²) < 4.78 is 5.06. The quantitative estimate of drug-likeness (QED) is 0.458. The molecule has 0 saturated carbocycles. The zero-order valence-corrected chi connectivity index (χ0v) is 14.4. The lowest BCUT2D eigenvalue weighted by Crippen LogP contribution is -2.49. The molecule has 1 saturated heterocycles. The van der Waals surface area contributed by atoms with E-state index in [-0.39, 0.29) is 0 Å². The van der Waals surface area contributed by atoms with Crippen molar-refractivity contribution >= 4 is 5.96 Å². The molecule has 1 aromatic carbocycles. The molecule has 5 heteroatoms. The third kappa shape index (κ3) is 6.20. The van der Waals surface area contributed by atoms with E-state index in [4.69, 9.17) is 4.74 Å². The van der Waals surface area contributed by atoms with Gasteiger partial charge in [-0.05, 0) is 24.9 Å². The average molecular weight is 318 g/mol. The minimum atomic E-state index is 0.560. The van der Waals surface area contributed by atoms with Crippen LogP contribution in [0.4, 0.5) is 0 Å². The van der Waals surface area contributed by atoms with Gasteiger partial charge < -0.3 is 15.4 Å². The van der Waals surface area contributed by atoms with Crippen LogP contribution in [0, 0.1) is 0 Å². The second-order valence-electron chi connectivity index (χ2n) is 5.98. The number of hydrogen-bond acceptors (Lipinski definition) is 3. The van der Waals surface area contributed by atoms with Gasteiger partial charge in [0.25, 0.3) is 0 Å². The molecule has 2 rings (SSSR count). The molecule has 1 unspecified atom stereocenters. The number of nitrogens with zero attached hydrogens (tertiary/aromatic N) is 2. The van der Waals surface area contributed by atoms with Crippen LogP contribution in [-0.2, 0) is 11.3 Å². The van der Waals surface area contributed by atoms with Crippen molar-refractivity contribution in [3.8, 4) is 0 Å². The Bertz CT molecular complexity index is 463. The molecule has 0 aromatic heterocycles. The average Bonchev–Trinajstić information content (AvgIpc) is 2.60. The molecule has 1 aliphatic rings. The summed E-state index contributed by atoms with van der Waals surface area (Å²) in [6.45, 7) is 4.60. The second-order valence-corrected chi connectivity index (χ2v) is 5.98. The van der Waals surface area contributed by atoms with E-state index in [0.29, 0.717) is 12.6 Å². The van der Waals surface area contributed by atoms with Gasteiger partial charge in [0, 0.05) is 39.8 Å². The Labute approximate surface area is 140 Å². The number of nitrogens with one attached hydrogen (secondary N) is 2. The molecule has 1 aliphatic heterocycles. The minimum Gasteiger partial charge on any atom is -0.383 e. The number of ether oxygens (including phenoxy) is 1. The first-order valence-corrected chi connectivity index (χ1v) is 8.55. The van der Waals surface area contributed by atoms with E-state index >= 15 is 0 Å². The molecule has 23 heavy (non-hydrogen) atoms. The molecular formula is C18H30N4O. The van der Waals surface area contributed by atoms with Crippen LogP contribution < -0.4 is 10.6 Å². The highest BCUT2D eigenvalue weighted by Crippen LogP contribution is 2.19. The van der Waals surface area contributed by atoms with E-state index in [0.717, 1.165) is 25.6 Å². The van der Waals surface area contributed by atoms with E-state index in [1.165, 1.54) is 31.4 Å². The van der Waals surface area contributed by atoms with E-state index in [1.807, 2.05) is 7.05 Å². The first-order valence-electron chi connectivity index (χ1n) is 8.55. The molecule has 0 aliphatic carbocycles. The van der Waals surface area contributed by atoms with Crippen LogP contribution >= 0.6 is 0 Å². The maximum atomic E-state index is 5.06.